The van der Waals surface area contributed by atoms with Crippen molar-refractivity contribution in [2.75, 3.05) is 39.8 Å². The number of nitrogens with zero attached hydrogens (tertiary/aromatic N) is 2. The number of piperazine rings is 1. The molecule has 1 saturated carbocycles. The summed E-state index contributed by atoms with van der Waals surface area (Å²) >= 11 is 0. The molecule has 1 aliphatic carbocycles. The highest BCUT2D eigenvalue weighted by molar-refractivity contribution is 4.91. The van der Waals surface area contributed by atoms with Crippen molar-refractivity contribution in [2.24, 2.45) is 17.1 Å². The van der Waals surface area contributed by atoms with Gasteiger partial charge in [-0.3, -0.25) is 4.90 Å². The maximum Gasteiger partial charge on any atom is 0.0218 e. The number of nitrogens with two attached hydrogens (primary N) is 1. The van der Waals surface area contributed by atoms with Gasteiger partial charge in [0.05, 0.1) is 0 Å². The van der Waals surface area contributed by atoms with E-state index >= 15 is 0 Å². The van der Waals surface area contributed by atoms with E-state index in [4.69, 9.17) is 5.73 Å². The van der Waals surface area contributed by atoms with Crippen LogP contribution in [0.2, 0.25) is 0 Å². The standard InChI is InChI=1S/C16H33N3/c1-4-15-11-19(9-8-18(15)3)13-16(12-17)7-5-6-14(2)10-16/h14-15H,4-13,17H2,1-3H3. The molecule has 2 N–H and O–H groups in total. The summed E-state index contributed by atoms with van der Waals surface area (Å²) in [6, 6.07) is 0.740. The molecule has 1 aliphatic heterocycles. The van der Waals surface area contributed by atoms with Crippen LogP contribution in [0.25, 0.3) is 0 Å². The average molecular weight is 267 g/mol. The molecule has 112 valence electrons. The minimum atomic E-state index is 0.409. The van der Waals surface area contributed by atoms with Crippen LogP contribution in [-0.4, -0.2) is 55.6 Å². The molecule has 0 spiro atoms. The Hall–Kier alpha value is -0.120. The van der Waals surface area contributed by atoms with Crippen LogP contribution in [0.5, 0.6) is 0 Å². The second-order valence-corrected chi connectivity index (χ2v) is 7.18. The van der Waals surface area contributed by atoms with Crippen molar-refractivity contribution in [2.45, 2.75) is 52.0 Å². The molecule has 2 fully saturated rings. The first-order valence-electron chi connectivity index (χ1n) is 8.21. The van der Waals surface area contributed by atoms with Gasteiger partial charge in [0.15, 0.2) is 0 Å². The van der Waals surface area contributed by atoms with E-state index in [9.17, 15) is 0 Å². The predicted molar refractivity (Wildman–Crippen MR) is 82.3 cm³/mol. The van der Waals surface area contributed by atoms with E-state index in [1.165, 1.54) is 58.3 Å². The highest BCUT2D eigenvalue weighted by Gasteiger charge is 2.36. The fourth-order valence-electron chi connectivity index (χ4n) is 4.23. The first-order chi connectivity index (χ1) is 9.08. The fourth-order valence-corrected chi connectivity index (χ4v) is 4.23. The van der Waals surface area contributed by atoms with Crippen molar-refractivity contribution in [1.29, 1.82) is 0 Å². The van der Waals surface area contributed by atoms with Gasteiger partial charge in [0, 0.05) is 32.2 Å². The van der Waals surface area contributed by atoms with E-state index in [1.807, 2.05) is 0 Å². The summed E-state index contributed by atoms with van der Waals surface area (Å²) in [6.45, 7) is 10.5. The lowest BCUT2D eigenvalue weighted by atomic mass is 9.69. The molecule has 19 heavy (non-hydrogen) atoms. The summed E-state index contributed by atoms with van der Waals surface area (Å²) in [4.78, 5) is 5.22. The molecule has 0 amide bonds. The third-order valence-corrected chi connectivity index (χ3v) is 5.51. The fraction of sp³-hybridized carbons (Fsp3) is 1.00. The van der Waals surface area contributed by atoms with Crippen LogP contribution in [-0.2, 0) is 0 Å². The topological polar surface area (TPSA) is 32.5 Å². The van der Waals surface area contributed by atoms with Crippen LogP contribution in [0, 0.1) is 11.3 Å². The number of likely N-dealkylation sites (N-methyl/N-ethyl adjacent to an activating group) is 1. The van der Waals surface area contributed by atoms with Gasteiger partial charge in [-0.15, -0.1) is 0 Å². The third kappa shape index (κ3) is 3.71. The SMILES string of the molecule is CCC1CN(CC2(CN)CCCC(C)C2)CCN1C. The lowest BCUT2D eigenvalue weighted by Gasteiger charge is -2.46. The summed E-state index contributed by atoms with van der Waals surface area (Å²) in [5.74, 6) is 0.867. The second-order valence-electron chi connectivity index (χ2n) is 7.18. The van der Waals surface area contributed by atoms with E-state index in [0.29, 0.717) is 5.41 Å². The van der Waals surface area contributed by atoms with E-state index < -0.39 is 0 Å². The lowest BCUT2D eigenvalue weighted by Crippen LogP contribution is -2.55. The largest absolute Gasteiger partial charge is 0.330 e. The molecule has 2 aliphatic rings. The summed E-state index contributed by atoms with van der Waals surface area (Å²) in [5.41, 5.74) is 6.58. The summed E-state index contributed by atoms with van der Waals surface area (Å²) in [6.07, 6.45) is 6.73. The van der Waals surface area contributed by atoms with E-state index in [0.717, 1.165) is 18.5 Å². The molecule has 0 aromatic carbocycles. The van der Waals surface area contributed by atoms with Crippen molar-refractivity contribution < 1.29 is 0 Å². The molecular weight excluding hydrogens is 234 g/mol. The number of rotatable bonds is 4. The second kappa shape index (κ2) is 6.55. The first kappa shape index (κ1) is 15.3. The summed E-state index contributed by atoms with van der Waals surface area (Å²) < 4.78 is 0. The molecule has 0 bridgehead atoms. The van der Waals surface area contributed by atoms with Gasteiger partial charge in [0.25, 0.3) is 0 Å². The van der Waals surface area contributed by atoms with Crippen LogP contribution >= 0.6 is 0 Å². The Bertz CT molecular complexity index is 281. The van der Waals surface area contributed by atoms with Gasteiger partial charge in [-0.05, 0) is 44.2 Å². The Balaban J connectivity index is 1.94. The Morgan fingerprint density at radius 1 is 1.32 bits per heavy atom. The quantitative estimate of drug-likeness (QED) is 0.847. The molecule has 3 unspecified atom stereocenters. The van der Waals surface area contributed by atoms with E-state index in [2.05, 4.69) is 30.7 Å². The monoisotopic (exact) mass is 267 g/mol. The van der Waals surface area contributed by atoms with Crippen molar-refractivity contribution in [1.82, 2.24) is 9.80 Å². The number of hydrogen-bond acceptors (Lipinski definition) is 3. The van der Waals surface area contributed by atoms with Crippen molar-refractivity contribution in [3.05, 3.63) is 0 Å². The van der Waals surface area contributed by atoms with Gasteiger partial charge >= 0.3 is 0 Å². The van der Waals surface area contributed by atoms with Gasteiger partial charge in [-0.2, -0.15) is 0 Å². The Morgan fingerprint density at radius 3 is 2.74 bits per heavy atom. The van der Waals surface area contributed by atoms with Gasteiger partial charge in [-0.1, -0.05) is 26.7 Å². The predicted octanol–water partition coefficient (Wildman–Crippen LogP) is 2.17. The van der Waals surface area contributed by atoms with Gasteiger partial charge in [-0.25, -0.2) is 0 Å². The zero-order valence-electron chi connectivity index (χ0n) is 13.2. The molecule has 3 nitrogen and oxygen atoms in total. The van der Waals surface area contributed by atoms with Crippen molar-refractivity contribution >= 4 is 0 Å². The zero-order chi connectivity index (χ0) is 13.9. The lowest BCUT2D eigenvalue weighted by molar-refractivity contribution is 0.0352. The first-order valence-corrected chi connectivity index (χ1v) is 8.21. The van der Waals surface area contributed by atoms with Crippen LogP contribution in [0.4, 0.5) is 0 Å². The van der Waals surface area contributed by atoms with Gasteiger partial charge in [0.1, 0.15) is 0 Å². The molecule has 1 heterocycles. The minimum absolute atomic E-state index is 0.409. The molecule has 0 aromatic heterocycles. The maximum absolute atomic E-state index is 6.17. The molecule has 3 heteroatoms. The Labute approximate surface area is 119 Å². The maximum atomic E-state index is 6.17. The molecule has 0 radical (unpaired) electrons. The zero-order valence-corrected chi connectivity index (χ0v) is 13.2. The van der Waals surface area contributed by atoms with Crippen LogP contribution in [0.3, 0.4) is 0 Å². The van der Waals surface area contributed by atoms with Crippen LogP contribution in [0.1, 0.15) is 46.0 Å². The number of hydrogen-bond donors (Lipinski definition) is 1. The Kier molecular flexibility index (Phi) is 5.27. The Morgan fingerprint density at radius 2 is 2.11 bits per heavy atom. The highest BCUT2D eigenvalue weighted by Crippen LogP contribution is 2.39. The van der Waals surface area contributed by atoms with E-state index in [1.54, 1.807) is 0 Å². The molecule has 3 atom stereocenters. The molecule has 1 saturated heterocycles. The van der Waals surface area contributed by atoms with Crippen LogP contribution < -0.4 is 5.73 Å². The van der Waals surface area contributed by atoms with Crippen LogP contribution in [0.15, 0.2) is 0 Å². The van der Waals surface area contributed by atoms with Gasteiger partial charge in [0.2, 0.25) is 0 Å². The van der Waals surface area contributed by atoms with E-state index in [-0.39, 0.29) is 0 Å². The van der Waals surface area contributed by atoms with Crippen molar-refractivity contribution in [3.63, 3.8) is 0 Å². The normalized spacial score (nSPS) is 38.5. The molecular formula is C16H33N3. The molecule has 2 rings (SSSR count). The highest BCUT2D eigenvalue weighted by atomic mass is 15.3. The average Bonchev–Trinajstić information content (AvgIpc) is 2.41. The summed E-state index contributed by atoms with van der Waals surface area (Å²) in [5, 5.41) is 0. The smallest absolute Gasteiger partial charge is 0.0218 e. The molecule has 0 aromatic rings. The van der Waals surface area contributed by atoms with Gasteiger partial charge < -0.3 is 10.6 Å². The van der Waals surface area contributed by atoms with Crippen molar-refractivity contribution in [3.8, 4) is 0 Å². The summed E-state index contributed by atoms with van der Waals surface area (Å²) in [7, 11) is 2.27. The third-order valence-electron chi connectivity index (χ3n) is 5.51. The minimum Gasteiger partial charge on any atom is -0.330 e.